The lowest BCUT2D eigenvalue weighted by Gasteiger charge is -2.46. The van der Waals surface area contributed by atoms with Gasteiger partial charge in [0.15, 0.2) is 0 Å². The fourth-order valence-electron chi connectivity index (χ4n) is 2.61. The molecule has 3 fully saturated rings. The molecule has 1 nitrogen and oxygen atoms in total. The normalized spacial score (nSPS) is 53.4. The lowest BCUT2D eigenvalue weighted by Crippen LogP contribution is -2.54. The third kappa shape index (κ3) is 0.878. The first-order valence-electron chi connectivity index (χ1n) is 4.53. The topological polar surface area (TPSA) is 12.0 Å². The van der Waals surface area contributed by atoms with Crippen LogP contribution in [0.25, 0.3) is 0 Å². The van der Waals surface area contributed by atoms with Crippen LogP contribution in [0, 0.1) is 11.8 Å². The van der Waals surface area contributed by atoms with Crippen molar-refractivity contribution in [3.05, 3.63) is 0 Å². The largest absolute Gasteiger partial charge is 0.311 e. The average Bonchev–Trinajstić information content (AvgIpc) is 1.91. The summed E-state index contributed by atoms with van der Waals surface area (Å²) in [6.45, 7) is 4.72. The van der Waals surface area contributed by atoms with E-state index in [-0.39, 0.29) is 0 Å². The van der Waals surface area contributed by atoms with E-state index in [1.807, 2.05) is 0 Å². The Hall–Kier alpha value is -0.0400. The van der Waals surface area contributed by atoms with Gasteiger partial charge < -0.3 is 5.32 Å². The Kier molecular flexibility index (Phi) is 1.48. The molecule has 3 rings (SSSR count). The molecule has 2 unspecified atom stereocenters. The molecule has 1 heteroatoms. The molecule has 0 aromatic heterocycles. The number of nitrogens with one attached hydrogen (secondary N) is 1. The highest BCUT2D eigenvalue weighted by Crippen LogP contribution is 2.36. The van der Waals surface area contributed by atoms with Gasteiger partial charge in [0.05, 0.1) is 0 Å². The third-order valence-electron chi connectivity index (χ3n) is 3.39. The maximum atomic E-state index is 3.67. The van der Waals surface area contributed by atoms with Gasteiger partial charge in [-0.15, -0.1) is 0 Å². The molecule has 2 bridgehead atoms. The van der Waals surface area contributed by atoms with Crippen LogP contribution in [0.2, 0.25) is 0 Å². The van der Waals surface area contributed by atoms with Gasteiger partial charge in [0.1, 0.15) is 0 Å². The standard InChI is InChI=1S/C9H17N/c1-6-5-8-3-4-9(6)10-7(8)2/h6-10H,3-5H2,1-2H3/t6-,7-,8?,9?/m0/s1. The van der Waals surface area contributed by atoms with Crippen molar-refractivity contribution in [2.24, 2.45) is 11.8 Å². The van der Waals surface area contributed by atoms with Crippen LogP contribution in [0.5, 0.6) is 0 Å². The highest BCUT2D eigenvalue weighted by molar-refractivity contribution is 4.93. The molecule has 2 heterocycles. The predicted octanol–water partition coefficient (Wildman–Crippen LogP) is 1.78. The zero-order valence-corrected chi connectivity index (χ0v) is 6.93. The van der Waals surface area contributed by atoms with Crippen molar-refractivity contribution in [3.63, 3.8) is 0 Å². The van der Waals surface area contributed by atoms with Crippen molar-refractivity contribution in [3.8, 4) is 0 Å². The number of piperidine rings is 2. The van der Waals surface area contributed by atoms with E-state index in [0.29, 0.717) is 0 Å². The van der Waals surface area contributed by atoms with Gasteiger partial charge in [-0.1, -0.05) is 6.92 Å². The molecule has 2 saturated heterocycles. The fraction of sp³-hybridized carbons (Fsp3) is 1.00. The first-order valence-corrected chi connectivity index (χ1v) is 4.53. The summed E-state index contributed by atoms with van der Waals surface area (Å²) in [5, 5.41) is 3.67. The number of rotatable bonds is 0. The van der Waals surface area contributed by atoms with Crippen molar-refractivity contribution >= 4 is 0 Å². The summed E-state index contributed by atoms with van der Waals surface area (Å²) in [5.41, 5.74) is 0. The van der Waals surface area contributed by atoms with Crippen molar-refractivity contribution < 1.29 is 0 Å². The van der Waals surface area contributed by atoms with Gasteiger partial charge in [0.25, 0.3) is 0 Å². The summed E-state index contributed by atoms with van der Waals surface area (Å²) < 4.78 is 0. The van der Waals surface area contributed by atoms with Gasteiger partial charge in [0.2, 0.25) is 0 Å². The van der Waals surface area contributed by atoms with Crippen LogP contribution in [-0.4, -0.2) is 12.1 Å². The summed E-state index contributed by atoms with van der Waals surface area (Å²) in [4.78, 5) is 0. The van der Waals surface area contributed by atoms with Crippen molar-refractivity contribution in [2.45, 2.75) is 45.2 Å². The van der Waals surface area contributed by atoms with E-state index in [0.717, 1.165) is 23.9 Å². The molecule has 0 spiro atoms. The molecule has 1 saturated carbocycles. The maximum absolute atomic E-state index is 3.67. The Morgan fingerprint density at radius 1 is 1.20 bits per heavy atom. The monoisotopic (exact) mass is 139 g/mol. The summed E-state index contributed by atoms with van der Waals surface area (Å²) >= 11 is 0. The van der Waals surface area contributed by atoms with Gasteiger partial charge in [0, 0.05) is 12.1 Å². The summed E-state index contributed by atoms with van der Waals surface area (Å²) in [5.74, 6) is 1.93. The minimum absolute atomic E-state index is 0.801. The van der Waals surface area contributed by atoms with Crippen LogP contribution in [-0.2, 0) is 0 Å². The minimum atomic E-state index is 0.801. The first-order chi connectivity index (χ1) is 4.77. The second kappa shape index (κ2) is 2.23. The fourth-order valence-corrected chi connectivity index (χ4v) is 2.61. The molecule has 1 N–H and O–H groups in total. The van der Waals surface area contributed by atoms with Crippen LogP contribution < -0.4 is 5.32 Å². The number of hydrogen-bond acceptors (Lipinski definition) is 1. The van der Waals surface area contributed by atoms with Gasteiger partial charge in [-0.3, -0.25) is 0 Å². The van der Waals surface area contributed by atoms with Crippen LogP contribution >= 0.6 is 0 Å². The SMILES string of the molecule is C[C@@H]1NC2CCC1C[C@@H]2C. The molecule has 0 amide bonds. The van der Waals surface area contributed by atoms with E-state index in [2.05, 4.69) is 19.2 Å². The van der Waals surface area contributed by atoms with E-state index < -0.39 is 0 Å². The molecule has 10 heavy (non-hydrogen) atoms. The predicted molar refractivity (Wildman–Crippen MR) is 42.9 cm³/mol. The van der Waals surface area contributed by atoms with Gasteiger partial charge >= 0.3 is 0 Å². The molecule has 4 atom stereocenters. The Morgan fingerprint density at radius 3 is 2.30 bits per heavy atom. The van der Waals surface area contributed by atoms with Crippen molar-refractivity contribution in [2.75, 3.05) is 0 Å². The average molecular weight is 139 g/mol. The molecule has 3 aliphatic rings. The third-order valence-corrected chi connectivity index (χ3v) is 3.39. The number of fused-ring (bicyclic) bond motifs is 3. The maximum Gasteiger partial charge on any atom is 0.00955 e. The van der Waals surface area contributed by atoms with Crippen LogP contribution in [0.3, 0.4) is 0 Å². The van der Waals surface area contributed by atoms with Crippen molar-refractivity contribution in [1.29, 1.82) is 0 Å². The zero-order valence-electron chi connectivity index (χ0n) is 6.93. The van der Waals surface area contributed by atoms with E-state index in [9.17, 15) is 0 Å². The molecule has 58 valence electrons. The lowest BCUT2D eigenvalue weighted by molar-refractivity contribution is 0.106. The number of hydrogen-bond donors (Lipinski definition) is 1. The first kappa shape index (κ1) is 6.66. The lowest BCUT2D eigenvalue weighted by atomic mass is 9.71. The molecule has 0 radical (unpaired) electrons. The van der Waals surface area contributed by atoms with E-state index in [4.69, 9.17) is 0 Å². The quantitative estimate of drug-likeness (QED) is 0.539. The zero-order chi connectivity index (χ0) is 7.14. The van der Waals surface area contributed by atoms with E-state index >= 15 is 0 Å². The Morgan fingerprint density at radius 2 is 2.00 bits per heavy atom. The second-order valence-corrected chi connectivity index (χ2v) is 4.11. The van der Waals surface area contributed by atoms with Gasteiger partial charge in [-0.05, 0) is 38.0 Å². The molecule has 1 aliphatic carbocycles. The minimum Gasteiger partial charge on any atom is -0.311 e. The van der Waals surface area contributed by atoms with Gasteiger partial charge in [-0.25, -0.2) is 0 Å². The highest BCUT2D eigenvalue weighted by atomic mass is 15.0. The summed E-state index contributed by atoms with van der Waals surface area (Å²) in [6.07, 6.45) is 4.37. The Bertz CT molecular complexity index is 117. The summed E-state index contributed by atoms with van der Waals surface area (Å²) in [6, 6.07) is 1.65. The molecule has 0 aromatic rings. The smallest absolute Gasteiger partial charge is 0.00955 e. The van der Waals surface area contributed by atoms with E-state index in [1.54, 1.807) is 0 Å². The molecule has 2 aliphatic heterocycles. The van der Waals surface area contributed by atoms with Crippen LogP contribution in [0.1, 0.15) is 33.1 Å². The van der Waals surface area contributed by atoms with Crippen LogP contribution in [0.15, 0.2) is 0 Å². The summed E-state index contributed by atoms with van der Waals surface area (Å²) in [7, 11) is 0. The highest BCUT2D eigenvalue weighted by Gasteiger charge is 2.36. The van der Waals surface area contributed by atoms with Crippen LogP contribution in [0.4, 0.5) is 0 Å². The van der Waals surface area contributed by atoms with Crippen molar-refractivity contribution in [1.82, 2.24) is 5.32 Å². The second-order valence-electron chi connectivity index (χ2n) is 4.11. The van der Waals surface area contributed by atoms with E-state index in [1.165, 1.54) is 19.3 Å². The Labute approximate surface area is 63.2 Å². The molecular formula is C9H17N. The molecule has 0 aromatic carbocycles. The molecular weight excluding hydrogens is 122 g/mol. The Balaban J connectivity index is 2.09. The van der Waals surface area contributed by atoms with Gasteiger partial charge in [-0.2, -0.15) is 0 Å².